The number of pyridine rings is 1. The van der Waals surface area contributed by atoms with E-state index in [0.29, 0.717) is 12.4 Å². The van der Waals surface area contributed by atoms with Crippen LogP contribution in [0.5, 0.6) is 5.75 Å². The number of aromatic nitrogens is 1. The van der Waals surface area contributed by atoms with E-state index >= 15 is 0 Å². The first-order valence-corrected chi connectivity index (χ1v) is 13.1. The fraction of sp³-hybridized carbons (Fsp3) is 0.346. The Hall–Kier alpha value is -3.50. The number of hydrogen-bond acceptors (Lipinski definition) is 8. The van der Waals surface area contributed by atoms with Crippen LogP contribution in [0, 0.1) is 12.3 Å². The molecule has 1 N–H and O–H groups in total. The van der Waals surface area contributed by atoms with Gasteiger partial charge in [0.05, 0.1) is 23.3 Å². The van der Waals surface area contributed by atoms with E-state index in [9.17, 15) is 18.0 Å². The molecule has 0 atom stereocenters. The Morgan fingerprint density at radius 3 is 2.47 bits per heavy atom. The van der Waals surface area contributed by atoms with Crippen molar-refractivity contribution in [2.75, 3.05) is 32.6 Å². The number of aliphatic hydroxyl groups is 1. The molecule has 1 fully saturated rings. The molecule has 2 aromatic carbocycles. The van der Waals surface area contributed by atoms with Gasteiger partial charge in [0, 0.05) is 41.6 Å². The normalized spacial score (nSPS) is 14.8. The van der Waals surface area contributed by atoms with Crippen LogP contribution >= 0.6 is 0 Å². The number of likely N-dealkylation sites (tertiary alicyclic amines) is 1. The van der Waals surface area contributed by atoms with Gasteiger partial charge in [-0.15, -0.1) is 0 Å². The number of amides is 1. The lowest BCUT2D eigenvalue weighted by Gasteiger charge is -2.48. The van der Waals surface area contributed by atoms with Gasteiger partial charge in [-0.25, -0.2) is 13.2 Å². The van der Waals surface area contributed by atoms with Gasteiger partial charge in [0.2, 0.25) is 0 Å². The van der Waals surface area contributed by atoms with Crippen molar-refractivity contribution < 1.29 is 32.6 Å². The van der Waals surface area contributed by atoms with Crippen molar-refractivity contribution in [3.05, 3.63) is 65.9 Å². The number of aliphatic hydroxyl groups excluding tert-OH is 1. The Morgan fingerprint density at radius 1 is 1.11 bits per heavy atom. The van der Waals surface area contributed by atoms with Gasteiger partial charge in [-0.3, -0.25) is 9.78 Å². The number of methoxy groups -OCH3 is 1. The fourth-order valence-corrected chi connectivity index (χ4v) is 6.46. The van der Waals surface area contributed by atoms with E-state index < -0.39 is 33.7 Å². The molecule has 190 valence electrons. The average Bonchev–Trinajstić information content (AvgIpc) is 2.84. The summed E-state index contributed by atoms with van der Waals surface area (Å²) < 4.78 is 37.0. The fourth-order valence-electron chi connectivity index (χ4n) is 4.65. The molecular formula is C26H28N2O7S. The Morgan fingerprint density at radius 2 is 1.81 bits per heavy atom. The minimum absolute atomic E-state index is 0.0607. The van der Waals surface area contributed by atoms with Gasteiger partial charge in [-0.05, 0) is 43.3 Å². The quantitative estimate of drug-likeness (QED) is 0.464. The Labute approximate surface area is 209 Å². The molecule has 10 heteroatoms. The number of carbonyl (C=O) groups is 2. The predicted octanol–water partition coefficient (Wildman–Crippen LogP) is 2.92. The number of ether oxygens (including phenoxy) is 2. The summed E-state index contributed by atoms with van der Waals surface area (Å²) in [6.45, 7) is 1.66. The molecule has 1 amide bonds. The number of Topliss-reactive ketones (excluding diaryl/α,β-unsaturated/α-hetero) is 1. The summed E-state index contributed by atoms with van der Waals surface area (Å²) in [5.41, 5.74) is 1.77. The highest BCUT2D eigenvalue weighted by Crippen LogP contribution is 2.38. The first-order chi connectivity index (χ1) is 17.1. The number of benzene rings is 2. The molecule has 0 unspecified atom stereocenters. The molecule has 0 saturated carbocycles. The third-order valence-corrected chi connectivity index (χ3v) is 8.22. The maximum Gasteiger partial charge on any atom is 0.409 e. The number of nitrogens with zero attached hydrogens (tertiary/aromatic N) is 2. The molecule has 2 heterocycles. The topological polar surface area (TPSA) is 123 Å². The maximum absolute atomic E-state index is 13.2. The first kappa shape index (κ1) is 25.6. The second kappa shape index (κ2) is 10.2. The van der Waals surface area contributed by atoms with E-state index in [4.69, 9.17) is 9.84 Å². The van der Waals surface area contributed by atoms with Crippen molar-refractivity contribution in [3.63, 3.8) is 0 Å². The van der Waals surface area contributed by atoms with Crippen LogP contribution in [0.25, 0.3) is 10.9 Å². The average molecular weight is 513 g/mol. The Balaban J connectivity index is 1.46. The second-order valence-electron chi connectivity index (χ2n) is 9.16. The standard InChI is InChI=1S/C26H28N2O7S/c1-18-11-19(23-5-3-4-6-24(23)27-18)14-35-21-7-9-22(10-8-21)36(32,33)17-26(12-20(30)13-29)15-28(16-26)25(31)34-2/h3-11,29H,12-17H2,1-2H3. The number of ketones is 1. The lowest BCUT2D eigenvalue weighted by atomic mass is 9.77. The van der Waals surface area contributed by atoms with E-state index in [-0.39, 0.29) is 30.2 Å². The Kier molecular flexibility index (Phi) is 7.28. The van der Waals surface area contributed by atoms with Gasteiger partial charge < -0.3 is 19.5 Å². The lowest BCUT2D eigenvalue weighted by molar-refractivity contribution is -0.126. The number of para-hydroxylation sites is 1. The largest absolute Gasteiger partial charge is 0.489 e. The van der Waals surface area contributed by atoms with Gasteiger partial charge in [-0.2, -0.15) is 0 Å². The molecule has 3 aromatic rings. The molecule has 36 heavy (non-hydrogen) atoms. The van der Waals surface area contributed by atoms with Gasteiger partial charge >= 0.3 is 6.09 Å². The molecule has 0 spiro atoms. The van der Waals surface area contributed by atoms with E-state index in [1.807, 2.05) is 37.3 Å². The summed E-state index contributed by atoms with van der Waals surface area (Å²) in [6.07, 6.45) is -0.727. The number of rotatable bonds is 9. The van der Waals surface area contributed by atoms with Crippen LogP contribution in [0.15, 0.2) is 59.5 Å². The number of carbonyl (C=O) groups excluding carboxylic acids is 2. The first-order valence-electron chi connectivity index (χ1n) is 11.4. The predicted molar refractivity (Wildman–Crippen MR) is 132 cm³/mol. The summed E-state index contributed by atoms with van der Waals surface area (Å²) in [4.78, 5) is 29.6. The molecule has 9 nitrogen and oxygen atoms in total. The van der Waals surface area contributed by atoms with E-state index in [1.54, 1.807) is 12.1 Å². The zero-order valence-electron chi connectivity index (χ0n) is 20.1. The summed E-state index contributed by atoms with van der Waals surface area (Å²) in [7, 11) is -2.55. The summed E-state index contributed by atoms with van der Waals surface area (Å²) in [5.74, 6) is -0.294. The molecule has 1 saturated heterocycles. The maximum atomic E-state index is 13.2. The van der Waals surface area contributed by atoms with Crippen LogP contribution in [0.1, 0.15) is 17.7 Å². The molecule has 4 rings (SSSR count). The Bertz CT molecular complexity index is 1380. The molecule has 1 aliphatic heterocycles. The highest BCUT2D eigenvalue weighted by atomic mass is 32.2. The zero-order valence-corrected chi connectivity index (χ0v) is 21.0. The molecule has 1 aliphatic rings. The minimum atomic E-state index is -3.78. The number of sulfone groups is 1. The highest BCUT2D eigenvalue weighted by Gasteiger charge is 2.49. The number of hydrogen-bond donors (Lipinski definition) is 1. The minimum Gasteiger partial charge on any atom is -0.489 e. The van der Waals surface area contributed by atoms with Gasteiger partial charge in [0.25, 0.3) is 0 Å². The van der Waals surface area contributed by atoms with Gasteiger partial charge in [0.15, 0.2) is 15.6 Å². The van der Waals surface area contributed by atoms with Crippen LogP contribution in [0.2, 0.25) is 0 Å². The van der Waals surface area contributed by atoms with Crippen molar-refractivity contribution in [3.8, 4) is 5.75 Å². The lowest BCUT2D eigenvalue weighted by Crippen LogP contribution is -2.61. The smallest absolute Gasteiger partial charge is 0.409 e. The summed E-state index contributed by atoms with van der Waals surface area (Å²) in [5, 5.41) is 10.2. The van der Waals surface area contributed by atoms with Crippen LogP contribution in [-0.4, -0.2) is 67.8 Å². The number of aryl methyl sites for hydroxylation is 1. The second-order valence-corrected chi connectivity index (χ2v) is 11.1. The van der Waals surface area contributed by atoms with Crippen molar-refractivity contribution in [1.82, 2.24) is 9.88 Å². The highest BCUT2D eigenvalue weighted by molar-refractivity contribution is 7.91. The van der Waals surface area contributed by atoms with Crippen molar-refractivity contribution >= 4 is 32.6 Å². The molecule has 0 radical (unpaired) electrons. The van der Waals surface area contributed by atoms with Gasteiger partial charge in [0.1, 0.15) is 19.0 Å². The third-order valence-electron chi connectivity index (χ3n) is 6.24. The monoisotopic (exact) mass is 512 g/mol. The van der Waals surface area contributed by atoms with Crippen LogP contribution in [-0.2, 0) is 26.0 Å². The SMILES string of the molecule is COC(=O)N1CC(CC(=O)CO)(CS(=O)(=O)c2ccc(OCc3cc(C)nc4ccccc34)cc2)C1. The van der Waals surface area contributed by atoms with Crippen LogP contribution < -0.4 is 4.74 Å². The van der Waals surface area contributed by atoms with E-state index in [0.717, 1.165) is 22.2 Å². The van der Waals surface area contributed by atoms with Crippen molar-refractivity contribution in [2.45, 2.75) is 24.8 Å². The van der Waals surface area contributed by atoms with E-state index in [1.165, 1.54) is 24.1 Å². The van der Waals surface area contributed by atoms with Crippen LogP contribution in [0.4, 0.5) is 4.79 Å². The molecular weight excluding hydrogens is 484 g/mol. The molecule has 0 bridgehead atoms. The summed E-state index contributed by atoms with van der Waals surface area (Å²) >= 11 is 0. The van der Waals surface area contributed by atoms with Crippen molar-refractivity contribution in [2.24, 2.45) is 5.41 Å². The zero-order chi connectivity index (χ0) is 25.9. The third kappa shape index (κ3) is 5.50. The summed E-state index contributed by atoms with van der Waals surface area (Å²) in [6, 6.07) is 15.9. The molecule has 1 aromatic heterocycles. The van der Waals surface area contributed by atoms with Gasteiger partial charge in [-0.1, -0.05) is 18.2 Å². The number of fused-ring (bicyclic) bond motifs is 1. The molecule has 0 aliphatic carbocycles. The van der Waals surface area contributed by atoms with E-state index in [2.05, 4.69) is 9.72 Å². The van der Waals surface area contributed by atoms with Crippen molar-refractivity contribution in [1.29, 1.82) is 0 Å². The van der Waals surface area contributed by atoms with Crippen LogP contribution in [0.3, 0.4) is 0 Å².